The van der Waals surface area contributed by atoms with E-state index in [1.165, 1.54) is 18.5 Å². The first kappa shape index (κ1) is 13.0. The van der Waals surface area contributed by atoms with Crippen LogP contribution in [0, 0.1) is 0 Å². The highest BCUT2D eigenvalue weighted by atomic mass is 16.5. The smallest absolute Gasteiger partial charge is 0.156 e. The van der Waals surface area contributed by atoms with Crippen LogP contribution in [0.2, 0.25) is 0 Å². The van der Waals surface area contributed by atoms with Gasteiger partial charge in [-0.1, -0.05) is 0 Å². The first-order valence-electron chi connectivity index (χ1n) is 7.34. The molecule has 0 spiro atoms. The molecule has 0 aliphatic heterocycles. The maximum absolute atomic E-state index is 5.23. The molecule has 110 valence electrons. The fourth-order valence-electron chi connectivity index (χ4n) is 2.50. The Balaban J connectivity index is 1.69. The van der Waals surface area contributed by atoms with E-state index in [1.807, 2.05) is 30.6 Å². The highest BCUT2D eigenvalue weighted by molar-refractivity contribution is 5.68. The first-order chi connectivity index (χ1) is 10.8. The minimum absolute atomic E-state index is 0.659. The SMILES string of the molecule is COc1cncc(-c2ccnc(-c3ncc(C4CC4)[nH]3)c2)c1. The summed E-state index contributed by atoms with van der Waals surface area (Å²) in [6, 6.07) is 5.94. The summed E-state index contributed by atoms with van der Waals surface area (Å²) in [6.07, 6.45) is 9.74. The average molecular weight is 292 g/mol. The van der Waals surface area contributed by atoms with Gasteiger partial charge in [0.1, 0.15) is 11.4 Å². The van der Waals surface area contributed by atoms with Crippen LogP contribution >= 0.6 is 0 Å². The summed E-state index contributed by atoms with van der Waals surface area (Å²) in [4.78, 5) is 16.5. The molecule has 0 amide bonds. The molecule has 5 nitrogen and oxygen atoms in total. The monoisotopic (exact) mass is 292 g/mol. The largest absolute Gasteiger partial charge is 0.495 e. The molecule has 1 aliphatic rings. The molecule has 0 bridgehead atoms. The molecule has 0 atom stereocenters. The number of rotatable bonds is 4. The van der Waals surface area contributed by atoms with Gasteiger partial charge in [0.2, 0.25) is 0 Å². The number of imidazole rings is 1. The fourth-order valence-corrected chi connectivity index (χ4v) is 2.50. The van der Waals surface area contributed by atoms with Crippen LogP contribution in [-0.2, 0) is 0 Å². The molecule has 0 radical (unpaired) electrons. The molecule has 1 fully saturated rings. The van der Waals surface area contributed by atoms with Crippen LogP contribution in [0.5, 0.6) is 5.75 Å². The number of pyridine rings is 2. The van der Waals surface area contributed by atoms with Crippen molar-refractivity contribution in [2.75, 3.05) is 7.11 Å². The van der Waals surface area contributed by atoms with E-state index >= 15 is 0 Å². The summed E-state index contributed by atoms with van der Waals surface area (Å²) in [6.45, 7) is 0. The number of methoxy groups -OCH3 is 1. The predicted molar refractivity (Wildman–Crippen MR) is 83.6 cm³/mol. The van der Waals surface area contributed by atoms with Crippen LogP contribution in [0.15, 0.2) is 43.0 Å². The standard InChI is InChI=1S/C17H16N4O/c1-22-14-6-13(8-18-9-14)12-4-5-19-15(7-12)17-20-10-16(21-17)11-2-3-11/h4-11H,2-3H2,1H3,(H,20,21). The lowest BCUT2D eigenvalue weighted by Gasteiger charge is -2.05. The molecule has 1 N–H and O–H groups in total. The molecule has 0 aromatic carbocycles. The molecule has 0 unspecified atom stereocenters. The lowest BCUT2D eigenvalue weighted by molar-refractivity contribution is 0.413. The summed E-state index contributed by atoms with van der Waals surface area (Å²) in [5, 5.41) is 0. The summed E-state index contributed by atoms with van der Waals surface area (Å²) in [5.41, 5.74) is 4.09. The summed E-state index contributed by atoms with van der Waals surface area (Å²) < 4.78 is 5.23. The number of aromatic nitrogens is 4. The van der Waals surface area contributed by atoms with Crippen molar-refractivity contribution in [1.82, 2.24) is 19.9 Å². The van der Waals surface area contributed by atoms with Gasteiger partial charge in [-0.3, -0.25) is 9.97 Å². The van der Waals surface area contributed by atoms with E-state index < -0.39 is 0 Å². The molecule has 1 aliphatic carbocycles. The van der Waals surface area contributed by atoms with Crippen LogP contribution in [-0.4, -0.2) is 27.0 Å². The quantitative estimate of drug-likeness (QED) is 0.800. The van der Waals surface area contributed by atoms with Gasteiger partial charge < -0.3 is 9.72 Å². The van der Waals surface area contributed by atoms with Crippen molar-refractivity contribution in [2.24, 2.45) is 0 Å². The topological polar surface area (TPSA) is 63.7 Å². The molecule has 3 heterocycles. The molecular weight excluding hydrogens is 276 g/mol. The zero-order chi connectivity index (χ0) is 14.9. The molecular formula is C17H16N4O. The van der Waals surface area contributed by atoms with E-state index in [-0.39, 0.29) is 0 Å². The Kier molecular flexibility index (Phi) is 3.11. The van der Waals surface area contributed by atoms with Crippen molar-refractivity contribution in [1.29, 1.82) is 0 Å². The summed E-state index contributed by atoms with van der Waals surface area (Å²) in [7, 11) is 1.64. The second-order valence-corrected chi connectivity index (χ2v) is 5.50. The highest BCUT2D eigenvalue weighted by Crippen LogP contribution is 2.39. The lowest BCUT2D eigenvalue weighted by atomic mass is 10.1. The van der Waals surface area contributed by atoms with Gasteiger partial charge in [0.25, 0.3) is 0 Å². The third-order valence-electron chi connectivity index (χ3n) is 3.90. The summed E-state index contributed by atoms with van der Waals surface area (Å²) >= 11 is 0. The molecule has 22 heavy (non-hydrogen) atoms. The van der Waals surface area contributed by atoms with Crippen LogP contribution in [0.3, 0.4) is 0 Å². The second kappa shape index (κ2) is 5.26. The van der Waals surface area contributed by atoms with Crippen molar-refractivity contribution < 1.29 is 4.74 Å². The zero-order valence-electron chi connectivity index (χ0n) is 12.3. The van der Waals surface area contributed by atoms with Crippen molar-refractivity contribution >= 4 is 0 Å². The Morgan fingerprint density at radius 2 is 2.00 bits per heavy atom. The number of ether oxygens (including phenoxy) is 1. The van der Waals surface area contributed by atoms with Gasteiger partial charge >= 0.3 is 0 Å². The van der Waals surface area contributed by atoms with Gasteiger partial charge in [0.05, 0.1) is 13.3 Å². The Morgan fingerprint density at radius 1 is 1.09 bits per heavy atom. The Bertz CT molecular complexity index is 808. The zero-order valence-corrected chi connectivity index (χ0v) is 12.3. The molecule has 1 saturated carbocycles. The normalized spacial score (nSPS) is 14.0. The molecule has 3 aromatic rings. The van der Waals surface area contributed by atoms with E-state index in [1.54, 1.807) is 19.5 Å². The maximum Gasteiger partial charge on any atom is 0.156 e. The van der Waals surface area contributed by atoms with Crippen LogP contribution in [0.25, 0.3) is 22.6 Å². The number of nitrogens with one attached hydrogen (secondary N) is 1. The average Bonchev–Trinajstić information content (AvgIpc) is 3.32. The van der Waals surface area contributed by atoms with Gasteiger partial charge in [-0.25, -0.2) is 4.98 Å². The third-order valence-corrected chi connectivity index (χ3v) is 3.90. The van der Waals surface area contributed by atoms with Gasteiger partial charge in [0.15, 0.2) is 5.82 Å². The van der Waals surface area contributed by atoms with Gasteiger partial charge in [0, 0.05) is 35.8 Å². The van der Waals surface area contributed by atoms with Crippen LogP contribution in [0.4, 0.5) is 0 Å². The van der Waals surface area contributed by atoms with Gasteiger partial charge in [-0.05, 0) is 36.6 Å². The number of H-pyrrole nitrogens is 1. The van der Waals surface area contributed by atoms with E-state index in [2.05, 4.69) is 19.9 Å². The van der Waals surface area contributed by atoms with E-state index in [9.17, 15) is 0 Å². The Labute approximate surface area is 128 Å². The van der Waals surface area contributed by atoms with Gasteiger partial charge in [-0.15, -0.1) is 0 Å². The first-order valence-corrected chi connectivity index (χ1v) is 7.34. The predicted octanol–water partition coefficient (Wildman–Crippen LogP) is 3.42. The second-order valence-electron chi connectivity index (χ2n) is 5.50. The van der Waals surface area contributed by atoms with E-state index in [4.69, 9.17) is 4.74 Å². The maximum atomic E-state index is 5.23. The van der Waals surface area contributed by atoms with E-state index in [0.29, 0.717) is 5.92 Å². The Hall–Kier alpha value is -2.69. The van der Waals surface area contributed by atoms with Crippen molar-refractivity contribution in [3.8, 4) is 28.4 Å². The molecule has 5 heteroatoms. The van der Waals surface area contributed by atoms with Gasteiger partial charge in [-0.2, -0.15) is 0 Å². The molecule has 0 saturated heterocycles. The van der Waals surface area contributed by atoms with E-state index in [0.717, 1.165) is 28.4 Å². The minimum atomic E-state index is 0.659. The lowest BCUT2D eigenvalue weighted by Crippen LogP contribution is -1.89. The highest BCUT2D eigenvalue weighted by Gasteiger charge is 2.25. The molecule has 4 rings (SSSR count). The fraction of sp³-hybridized carbons (Fsp3) is 0.235. The third kappa shape index (κ3) is 2.45. The molecule has 3 aromatic heterocycles. The van der Waals surface area contributed by atoms with Crippen molar-refractivity contribution in [3.05, 3.63) is 48.7 Å². The number of hydrogen-bond donors (Lipinski definition) is 1. The van der Waals surface area contributed by atoms with Crippen LogP contribution in [0.1, 0.15) is 24.5 Å². The van der Waals surface area contributed by atoms with Crippen molar-refractivity contribution in [2.45, 2.75) is 18.8 Å². The number of aromatic amines is 1. The summed E-state index contributed by atoms with van der Waals surface area (Å²) in [5.74, 6) is 2.22. The number of nitrogens with zero attached hydrogens (tertiary/aromatic N) is 3. The minimum Gasteiger partial charge on any atom is -0.495 e. The number of hydrogen-bond acceptors (Lipinski definition) is 4. The van der Waals surface area contributed by atoms with Crippen molar-refractivity contribution in [3.63, 3.8) is 0 Å². The van der Waals surface area contributed by atoms with Crippen LogP contribution < -0.4 is 4.74 Å². The Morgan fingerprint density at radius 3 is 2.82 bits per heavy atom.